The van der Waals surface area contributed by atoms with Gasteiger partial charge < -0.3 is 20.1 Å². The van der Waals surface area contributed by atoms with Crippen LogP contribution in [0.15, 0.2) is 64.3 Å². The van der Waals surface area contributed by atoms with Crippen molar-refractivity contribution in [1.29, 1.82) is 0 Å². The van der Waals surface area contributed by atoms with Gasteiger partial charge >= 0.3 is 12.0 Å². The molecule has 2 aromatic rings. The Morgan fingerprint density at radius 3 is 2.64 bits per heavy atom. The van der Waals surface area contributed by atoms with E-state index in [2.05, 4.69) is 26.6 Å². The maximum Gasteiger partial charge on any atom is 0.338 e. The van der Waals surface area contributed by atoms with Crippen LogP contribution in [-0.4, -0.2) is 25.2 Å². The van der Waals surface area contributed by atoms with E-state index in [0.29, 0.717) is 10.0 Å². The Balaban J connectivity index is 1.96. The number of halogens is 2. The smallest absolute Gasteiger partial charge is 0.338 e. The van der Waals surface area contributed by atoms with Crippen molar-refractivity contribution in [2.75, 3.05) is 13.2 Å². The third kappa shape index (κ3) is 4.51. The molecule has 0 saturated carbocycles. The number of carbonyl (C=O) groups is 2. The highest BCUT2D eigenvalue weighted by atomic mass is 79.9. The molecule has 1 heterocycles. The molecule has 1 unspecified atom stereocenters. The SMILES string of the molecule is CCOC(=O)C1=C(COc2ccc(Br)cc2F)NC(=O)NC1c1ccccc1. The Labute approximate surface area is 169 Å². The van der Waals surface area contributed by atoms with Crippen molar-refractivity contribution in [3.63, 3.8) is 0 Å². The van der Waals surface area contributed by atoms with Crippen molar-refractivity contribution in [2.24, 2.45) is 0 Å². The van der Waals surface area contributed by atoms with Gasteiger partial charge in [-0.25, -0.2) is 14.0 Å². The van der Waals surface area contributed by atoms with Gasteiger partial charge in [-0.2, -0.15) is 0 Å². The van der Waals surface area contributed by atoms with Gasteiger partial charge in [0.2, 0.25) is 0 Å². The Morgan fingerprint density at radius 1 is 1.21 bits per heavy atom. The second-order valence-corrected chi connectivity index (χ2v) is 6.83. The Morgan fingerprint density at radius 2 is 1.96 bits per heavy atom. The summed E-state index contributed by atoms with van der Waals surface area (Å²) in [7, 11) is 0. The zero-order chi connectivity index (χ0) is 20.1. The number of hydrogen-bond acceptors (Lipinski definition) is 4. The first-order valence-corrected chi connectivity index (χ1v) is 9.39. The third-order valence-electron chi connectivity index (χ3n) is 4.05. The van der Waals surface area contributed by atoms with E-state index in [9.17, 15) is 14.0 Å². The molecule has 2 N–H and O–H groups in total. The predicted octanol–water partition coefficient (Wildman–Crippen LogP) is 3.84. The lowest BCUT2D eigenvalue weighted by Crippen LogP contribution is -2.47. The number of hydrogen-bond donors (Lipinski definition) is 2. The maximum absolute atomic E-state index is 14.0. The van der Waals surface area contributed by atoms with E-state index in [0.717, 1.165) is 0 Å². The highest BCUT2D eigenvalue weighted by molar-refractivity contribution is 9.10. The summed E-state index contributed by atoms with van der Waals surface area (Å²) in [5.41, 5.74) is 1.15. The Kier molecular flexibility index (Phi) is 6.30. The molecule has 6 nitrogen and oxygen atoms in total. The molecule has 0 aliphatic carbocycles. The predicted molar refractivity (Wildman–Crippen MR) is 104 cm³/mol. The summed E-state index contributed by atoms with van der Waals surface area (Å²) < 4.78 is 25.3. The van der Waals surface area contributed by atoms with Crippen molar-refractivity contribution in [3.05, 3.63) is 75.7 Å². The molecule has 0 saturated heterocycles. The molecule has 0 bridgehead atoms. The normalized spacial score (nSPS) is 16.2. The maximum atomic E-state index is 14.0. The van der Waals surface area contributed by atoms with Gasteiger partial charge in [0.15, 0.2) is 11.6 Å². The van der Waals surface area contributed by atoms with Crippen molar-refractivity contribution < 1.29 is 23.5 Å². The summed E-state index contributed by atoms with van der Waals surface area (Å²) in [6.45, 7) is 1.66. The molecule has 8 heteroatoms. The first-order chi connectivity index (χ1) is 13.5. The largest absolute Gasteiger partial charge is 0.484 e. The van der Waals surface area contributed by atoms with Crippen LogP contribution in [0.4, 0.5) is 9.18 Å². The Bertz CT molecular complexity index is 918. The minimum Gasteiger partial charge on any atom is -0.484 e. The van der Waals surface area contributed by atoms with Gasteiger partial charge in [0.05, 0.1) is 23.9 Å². The van der Waals surface area contributed by atoms with Gasteiger partial charge in [-0.3, -0.25) is 0 Å². The summed E-state index contributed by atoms with van der Waals surface area (Å²) in [4.78, 5) is 24.8. The zero-order valence-electron chi connectivity index (χ0n) is 15.0. The molecule has 0 radical (unpaired) electrons. The molecule has 2 amide bonds. The number of benzene rings is 2. The number of ether oxygens (including phenoxy) is 2. The second-order valence-electron chi connectivity index (χ2n) is 5.92. The van der Waals surface area contributed by atoms with Crippen molar-refractivity contribution in [1.82, 2.24) is 10.6 Å². The molecule has 1 atom stereocenters. The molecule has 1 aliphatic heterocycles. The van der Waals surface area contributed by atoms with Crippen LogP contribution in [-0.2, 0) is 9.53 Å². The molecule has 0 aromatic heterocycles. The molecular formula is C20H18BrFN2O4. The topological polar surface area (TPSA) is 76.7 Å². The van der Waals surface area contributed by atoms with Gasteiger partial charge in [0.25, 0.3) is 0 Å². The van der Waals surface area contributed by atoms with Gasteiger partial charge in [0, 0.05) is 4.47 Å². The summed E-state index contributed by atoms with van der Waals surface area (Å²) in [6.07, 6.45) is 0. The minimum absolute atomic E-state index is 0.00273. The standard InChI is InChI=1S/C20H18BrFN2O4/c1-2-27-19(25)17-15(11-28-16-9-8-13(21)10-14(16)22)23-20(26)24-18(17)12-6-4-3-5-7-12/h3-10,18H,2,11H2,1H3,(H2,23,24,26). The molecule has 2 aromatic carbocycles. The van der Waals surface area contributed by atoms with Crippen LogP contribution in [0.5, 0.6) is 5.75 Å². The molecule has 1 aliphatic rings. The highest BCUT2D eigenvalue weighted by Gasteiger charge is 2.34. The third-order valence-corrected chi connectivity index (χ3v) is 4.54. The molecule has 28 heavy (non-hydrogen) atoms. The summed E-state index contributed by atoms with van der Waals surface area (Å²) in [5, 5.41) is 5.30. The van der Waals surface area contributed by atoms with Crippen molar-refractivity contribution in [2.45, 2.75) is 13.0 Å². The molecule has 0 fully saturated rings. The van der Waals surface area contributed by atoms with Crippen LogP contribution >= 0.6 is 15.9 Å². The lowest BCUT2D eigenvalue weighted by molar-refractivity contribution is -0.139. The quantitative estimate of drug-likeness (QED) is 0.658. The molecule has 3 rings (SSSR count). The number of esters is 1. The molecule has 0 spiro atoms. The highest BCUT2D eigenvalue weighted by Crippen LogP contribution is 2.28. The van der Waals surface area contributed by atoms with Crippen LogP contribution in [0.25, 0.3) is 0 Å². The number of rotatable bonds is 6. The number of carbonyl (C=O) groups excluding carboxylic acids is 2. The van der Waals surface area contributed by atoms with Gasteiger partial charge in [0.1, 0.15) is 6.61 Å². The number of amides is 2. The summed E-state index contributed by atoms with van der Waals surface area (Å²) in [6, 6.07) is 12.2. The van der Waals surface area contributed by atoms with Crippen LogP contribution in [0, 0.1) is 5.82 Å². The van der Waals surface area contributed by atoms with Crippen LogP contribution in [0.2, 0.25) is 0 Å². The average Bonchev–Trinajstić information content (AvgIpc) is 2.67. The van der Waals surface area contributed by atoms with Crippen LogP contribution < -0.4 is 15.4 Å². The monoisotopic (exact) mass is 448 g/mol. The van der Waals surface area contributed by atoms with E-state index >= 15 is 0 Å². The van der Waals surface area contributed by atoms with Gasteiger partial charge in [-0.05, 0) is 30.7 Å². The van der Waals surface area contributed by atoms with Crippen molar-refractivity contribution in [3.8, 4) is 5.75 Å². The lowest BCUT2D eigenvalue weighted by Gasteiger charge is -2.29. The van der Waals surface area contributed by atoms with Gasteiger partial charge in [-0.15, -0.1) is 0 Å². The molecule has 146 valence electrons. The van der Waals surface area contributed by atoms with E-state index in [1.165, 1.54) is 12.1 Å². The van der Waals surface area contributed by atoms with Gasteiger partial charge in [-0.1, -0.05) is 46.3 Å². The van der Waals surface area contributed by atoms with Crippen LogP contribution in [0.3, 0.4) is 0 Å². The van der Waals surface area contributed by atoms with E-state index < -0.39 is 23.9 Å². The van der Waals surface area contributed by atoms with Crippen molar-refractivity contribution >= 4 is 27.9 Å². The van der Waals surface area contributed by atoms with E-state index in [1.807, 2.05) is 6.07 Å². The first kappa shape index (κ1) is 19.9. The number of urea groups is 1. The minimum atomic E-state index is -0.706. The van der Waals surface area contributed by atoms with E-state index in [4.69, 9.17) is 9.47 Å². The molecular weight excluding hydrogens is 431 g/mol. The van der Waals surface area contributed by atoms with E-state index in [1.54, 1.807) is 37.3 Å². The Hall–Kier alpha value is -2.87. The summed E-state index contributed by atoms with van der Waals surface area (Å²) >= 11 is 3.18. The number of nitrogens with one attached hydrogen (secondary N) is 2. The fraction of sp³-hybridized carbons (Fsp3) is 0.200. The van der Waals surface area contributed by atoms with Crippen LogP contribution in [0.1, 0.15) is 18.5 Å². The van der Waals surface area contributed by atoms with E-state index in [-0.39, 0.29) is 30.2 Å². The average molecular weight is 449 g/mol. The first-order valence-electron chi connectivity index (χ1n) is 8.60. The second kappa shape index (κ2) is 8.88. The fourth-order valence-electron chi connectivity index (χ4n) is 2.82. The fourth-order valence-corrected chi connectivity index (χ4v) is 3.15. The lowest BCUT2D eigenvalue weighted by atomic mass is 9.95. The zero-order valence-corrected chi connectivity index (χ0v) is 16.6. The summed E-state index contributed by atoms with van der Waals surface area (Å²) in [5.74, 6) is -1.14.